The second-order valence-corrected chi connectivity index (χ2v) is 6.43. The lowest BCUT2D eigenvalue weighted by Crippen LogP contribution is -2.36. The van der Waals surface area contributed by atoms with Crippen molar-refractivity contribution < 1.29 is 4.74 Å². The Labute approximate surface area is 148 Å². The number of ether oxygens (including phenoxy) is 1. The van der Waals surface area contributed by atoms with Crippen molar-refractivity contribution in [1.82, 2.24) is 15.0 Å². The molecule has 2 aliphatic rings. The van der Waals surface area contributed by atoms with E-state index < -0.39 is 0 Å². The van der Waals surface area contributed by atoms with Gasteiger partial charge in [-0.25, -0.2) is 15.0 Å². The predicted molar refractivity (Wildman–Crippen MR) is 98.1 cm³/mol. The van der Waals surface area contributed by atoms with Crippen molar-refractivity contribution in [3.63, 3.8) is 0 Å². The fourth-order valence-corrected chi connectivity index (χ4v) is 3.29. The van der Waals surface area contributed by atoms with Crippen LogP contribution in [0.1, 0.15) is 18.4 Å². The SMILES string of the molecule is c1nc(NCc2ccnc(N3CCOCC3)c2)cc(N2CCCC2)n1. The summed E-state index contributed by atoms with van der Waals surface area (Å²) in [6.45, 7) is 6.22. The topological polar surface area (TPSA) is 66.4 Å². The third kappa shape index (κ3) is 3.99. The van der Waals surface area contributed by atoms with Crippen LogP contribution in [0.2, 0.25) is 0 Å². The van der Waals surface area contributed by atoms with Crippen molar-refractivity contribution in [2.75, 3.05) is 54.5 Å². The van der Waals surface area contributed by atoms with Gasteiger partial charge in [0.1, 0.15) is 23.8 Å². The summed E-state index contributed by atoms with van der Waals surface area (Å²) in [6.07, 6.45) is 6.00. The minimum atomic E-state index is 0.719. The highest BCUT2D eigenvalue weighted by Crippen LogP contribution is 2.20. The van der Waals surface area contributed by atoms with Crippen LogP contribution in [0.4, 0.5) is 17.5 Å². The lowest BCUT2D eigenvalue weighted by Gasteiger charge is -2.28. The van der Waals surface area contributed by atoms with Gasteiger partial charge in [0.25, 0.3) is 0 Å². The molecule has 0 atom stereocenters. The van der Waals surface area contributed by atoms with E-state index in [-0.39, 0.29) is 0 Å². The first-order valence-corrected chi connectivity index (χ1v) is 8.97. The second-order valence-electron chi connectivity index (χ2n) is 6.43. The minimum absolute atomic E-state index is 0.719. The molecule has 2 fully saturated rings. The molecule has 4 rings (SSSR count). The maximum absolute atomic E-state index is 5.41. The van der Waals surface area contributed by atoms with Crippen LogP contribution in [0.5, 0.6) is 0 Å². The Morgan fingerprint density at radius 3 is 2.52 bits per heavy atom. The van der Waals surface area contributed by atoms with Crippen LogP contribution in [0, 0.1) is 0 Å². The van der Waals surface area contributed by atoms with E-state index in [4.69, 9.17) is 4.74 Å². The first kappa shape index (κ1) is 16.1. The molecule has 2 saturated heterocycles. The molecule has 7 heteroatoms. The summed E-state index contributed by atoms with van der Waals surface area (Å²) in [6, 6.07) is 6.22. The van der Waals surface area contributed by atoms with Gasteiger partial charge in [-0.3, -0.25) is 0 Å². The maximum Gasteiger partial charge on any atom is 0.134 e. The quantitative estimate of drug-likeness (QED) is 0.892. The Morgan fingerprint density at radius 1 is 0.920 bits per heavy atom. The van der Waals surface area contributed by atoms with Gasteiger partial charge in [-0.2, -0.15) is 0 Å². The zero-order valence-electron chi connectivity index (χ0n) is 14.4. The summed E-state index contributed by atoms with van der Waals surface area (Å²) in [4.78, 5) is 17.8. The number of hydrogen-bond donors (Lipinski definition) is 1. The van der Waals surface area contributed by atoms with Gasteiger partial charge in [0.05, 0.1) is 13.2 Å². The molecule has 0 amide bonds. The summed E-state index contributed by atoms with van der Waals surface area (Å²) < 4.78 is 5.41. The van der Waals surface area contributed by atoms with Gasteiger partial charge in [0.2, 0.25) is 0 Å². The second kappa shape index (κ2) is 7.65. The van der Waals surface area contributed by atoms with Crippen molar-refractivity contribution in [3.8, 4) is 0 Å². The molecule has 7 nitrogen and oxygen atoms in total. The average molecular weight is 340 g/mol. The lowest BCUT2D eigenvalue weighted by atomic mass is 10.2. The van der Waals surface area contributed by atoms with Crippen molar-refractivity contribution in [1.29, 1.82) is 0 Å². The smallest absolute Gasteiger partial charge is 0.134 e. The van der Waals surface area contributed by atoms with Crippen molar-refractivity contribution >= 4 is 17.5 Å². The highest BCUT2D eigenvalue weighted by atomic mass is 16.5. The van der Waals surface area contributed by atoms with E-state index in [2.05, 4.69) is 36.1 Å². The third-order valence-corrected chi connectivity index (χ3v) is 4.70. The van der Waals surface area contributed by atoms with Gasteiger partial charge < -0.3 is 19.9 Å². The molecule has 1 N–H and O–H groups in total. The number of hydrogen-bond acceptors (Lipinski definition) is 7. The molecule has 0 radical (unpaired) electrons. The molecule has 0 bridgehead atoms. The summed E-state index contributed by atoms with van der Waals surface area (Å²) in [5.41, 5.74) is 1.19. The molecule has 25 heavy (non-hydrogen) atoms. The van der Waals surface area contributed by atoms with E-state index in [0.717, 1.165) is 63.4 Å². The molecular formula is C18H24N6O. The van der Waals surface area contributed by atoms with Crippen LogP contribution in [0.15, 0.2) is 30.7 Å². The minimum Gasteiger partial charge on any atom is -0.378 e. The molecule has 0 aromatic carbocycles. The van der Waals surface area contributed by atoms with Crippen LogP contribution in [0.25, 0.3) is 0 Å². The standard InChI is InChI=1S/C18H24N6O/c1-2-6-23(5-1)18-12-16(21-14-22-18)20-13-15-3-4-19-17(11-15)24-7-9-25-10-8-24/h3-4,11-12,14H,1-2,5-10,13H2,(H,20,21,22). The van der Waals surface area contributed by atoms with Gasteiger partial charge in [0, 0.05) is 45.0 Å². The fraction of sp³-hybridized carbons (Fsp3) is 0.500. The first-order valence-electron chi connectivity index (χ1n) is 8.97. The monoisotopic (exact) mass is 340 g/mol. The Bertz CT molecular complexity index is 697. The average Bonchev–Trinajstić information content (AvgIpc) is 3.23. The highest BCUT2D eigenvalue weighted by Gasteiger charge is 2.14. The number of nitrogens with zero attached hydrogens (tertiary/aromatic N) is 5. The van der Waals surface area contributed by atoms with Gasteiger partial charge in [0.15, 0.2) is 0 Å². The molecule has 4 heterocycles. The van der Waals surface area contributed by atoms with Gasteiger partial charge in [-0.05, 0) is 30.5 Å². The lowest BCUT2D eigenvalue weighted by molar-refractivity contribution is 0.122. The third-order valence-electron chi connectivity index (χ3n) is 4.70. The van der Waals surface area contributed by atoms with Crippen LogP contribution in [-0.4, -0.2) is 54.3 Å². The molecular weight excluding hydrogens is 316 g/mol. The number of aromatic nitrogens is 3. The van der Waals surface area contributed by atoms with Gasteiger partial charge in [-0.15, -0.1) is 0 Å². The largest absolute Gasteiger partial charge is 0.378 e. The number of pyridine rings is 1. The fourth-order valence-electron chi connectivity index (χ4n) is 3.29. The molecule has 0 saturated carbocycles. The van der Waals surface area contributed by atoms with Crippen molar-refractivity contribution in [2.24, 2.45) is 0 Å². The Morgan fingerprint density at radius 2 is 1.68 bits per heavy atom. The van der Waals surface area contributed by atoms with E-state index in [1.54, 1.807) is 6.33 Å². The van der Waals surface area contributed by atoms with Crippen LogP contribution < -0.4 is 15.1 Å². The first-order chi connectivity index (χ1) is 12.4. The molecule has 0 unspecified atom stereocenters. The number of nitrogens with one attached hydrogen (secondary N) is 1. The summed E-state index contributed by atoms with van der Waals surface area (Å²) >= 11 is 0. The molecule has 2 aromatic heterocycles. The highest BCUT2D eigenvalue weighted by molar-refractivity contribution is 5.49. The van der Waals surface area contributed by atoms with Gasteiger partial charge >= 0.3 is 0 Å². The number of anilines is 3. The van der Waals surface area contributed by atoms with Crippen molar-refractivity contribution in [3.05, 3.63) is 36.3 Å². The van der Waals surface area contributed by atoms with E-state index in [1.165, 1.54) is 18.4 Å². The van der Waals surface area contributed by atoms with E-state index in [9.17, 15) is 0 Å². The number of rotatable bonds is 5. The zero-order chi connectivity index (χ0) is 16.9. The summed E-state index contributed by atoms with van der Waals surface area (Å²) in [5.74, 6) is 2.89. The van der Waals surface area contributed by atoms with E-state index in [0.29, 0.717) is 0 Å². The number of morpholine rings is 1. The normalized spacial score (nSPS) is 17.8. The molecule has 2 aromatic rings. The zero-order valence-corrected chi connectivity index (χ0v) is 14.4. The van der Waals surface area contributed by atoms with E-state index >= 15 is 0 Å². The molecule has 132 valence electrons. The molecule has 0 spiro atoms. The Balaban J connectivity index is 1.40. The summed E-state index contributed by atoms with van der Waals surface area (Å²) in [5, 5.41) is 3.41. The molecule has 0 aliphatic carbocycles. The van der Waals surface area contributed by atoms with Crippen LogP contribution in [0.3, 0.4) is 0 Å². The predicted octanol–water partition coefficient (Wildman–Crippen LogP) is 1.92. The molecule has 2 aliphatic heterocycles. The summed E-state index contributed by atoms with van der Waals surface area (Å²) in [7, 11) is 0. The van der Waals surface area contributed by atoms with Gasteiger partial charge in [-0.1, -0.05) is 0 Å². The van der Waals surface area contributed by atoms with Crippen LogP contribution in [-0.2, 0) is 11.3 Å². The maximum atomic E-state index is 5.41. The van der Waals surface area contributed by atoms with Crippen molar-refractivity contribution in [2.45, 2.75) is 19.4 Å². The Kier molecular flexibility index (Phi) is 4.92. The van der Waals surface area contributed by atoms with E-state index in [1.807, 2.05) is 18.3 Å². The Hall–Kier alpha value is -2.41. The van der Waals surface area contributed by atoms with Crippen LogP contribution >= 0.6 is 0 Å².